The third-order valence-corrected chi connectivity index (χ3v) is 5.48. The fourth-order valence-electron chi connectivity index (χ4n) is 2.52. The van der Waals surface area contributed by atoms with E-state index in [1.807, 2.05) is 52.0 Å². The number of benzene rings is 2. The van der Waals surface area contributed by atoms with Crippen molar-refractivity contribution in [1.82, 2.24) is 9.97 Å². The highest BCUT2D eigenvalue weighted by Crippen LogP contribution is 2.31. The van der Waals surface area contributed by atoms with E-state index in [-0.39, 0.29) is 0 Å². The number of nitrogens with one attached hydrogen (secondary N) is 1. The second kappa shape index (κ2) is 5.34. The molecule has 1 unspecified atom stereocenters. The molecule has 0 fully saturated rings. The SMILES string of the molecule is Cc1ccc2[nH]c([S+]([O-])c3cc(C)c(C)c(N)c3C)nc2c1. The van der Waals surface area contributed by atoms with Crippen molar-refractivity contribution >= 4 is 27.9 Å². The number of nitrogen functional groups attached to an aromatic ring is 1. The number of imidazole rings is 1. The van der Waals surface area contributed by atoms with Gasteiger partial charge in [-0.15, -0.1) is 0 Å². The molecule has 0 aliphatic rings. The molecule has 0 radical (unpaired) electrons. The quantitative estimate of drug-likeness (QED) is 0.561. The van der Waals surface area contributed by atoms with Crippen LogP contribution in [-0.2, 0) is 11.2 Å². The molecule has 22 heavy (non-hydrogen) atoms. The van der Waals surface area contributed by atoms with Gasteiger partial charge in [0.1, 0.15) is 0 Å². The van der Waals surface area contributed by atoms with E-state index in [0.29, 0.717) is 10.8 Å². The lowest BCUT2D eigenvalue weighted by Crippen LogP contribution is -2.09. The van der Waals surface area contributed by atoms with Gasteiger partial charge in [0, 0.05) is 11.3 Å². The predicted molar refractivity (Wildman–Crippen MR) is 90.6 cm³/mol. The van der Waals surface area contributed by atoms with E-state index in [4.69, 9.17) is 5.73 Å². The number of hydrogen-bond acceptors (Lipinski definition) is 3. The zero-order valence-electron chi connectivity index (χ0n) is 13.2. The first kappa shape index (κ1) is 14.9. The number of nitrogens with two attached hydrogens (primary N) is 1. The first-order valence-corrected chi connectivity index (χ1v) is 8.28. The Hall–Kier alpha value is -1.98. The molecular weight excluding hydrogens is 294 g/mol. The Bertz CT molecular complexity index is 870. The minimum absolute atomic E-state index is 0.464. The zero-order valence-corrected chi connectivity index (χ0v) is 14.0. The van der Waals surface area contributed by atoms with Gasteiger partial charge >= 0.3 is 5.16 Å². The zero-order chi connectivity index (χ0) is 16.0. The van der Waals surface area contributed by atoms with Crippen LogP contribution in [0.15, 0.2) is 34.3 Å². The summed E-state index contributed by atoms with van der Waals surface area (Å²) in [5, 5.41) is 0.464. The van der Waals surface area contributed by atoms with E-state index in [2.05, 4.69) is 9.97 Å². The van der Waals surface area contributed by atoms with Crippen LogP contribution < -0.4 is 5.73 Å². The molecule has 3 aromatic rings. The summed E-state index contributed by atoms with van der Waals surface area (Å²) in [7, 11) is 0. The number of H-pyrrole nitrogens is 1. The van der Waals surface area contributed by atoms with Gasteiger partial charge in [0.2, 0.25) is 0 Å². The van der Waals surface area contributed by atoms with Crippen LogP contribution in [0.4, 0.5) is 5.69 Å². The Morgan fingerprint density at radius 1 is 1.09 bits per heavy atom. The van der Waals surface area contributed by atoms with Crippen LogP contribution in [0.3, 0.4) is 0 Å². The van der Waals surface area contributed by atoms with Crippen LogP contribution in [0.5, 0.6) is 0 Å². The highest BCUT2D eigenvalue weighted by Gasteiger charge is 2.24. The van der Waals surface area contributed by atoms with Crippen molar-refractivity contribution < 1.29 is 4.55 Å². The molecule has 4 nitrogen and oxygen atoms in total. The molecule has 3 N–H and O–H groups in total. The molecule has 1 aromatic heterocycles. The predicted octanol–water partition coefficient (Wildman–Crippen LogP) is 3.55. The first-order valence-electron chi connectivity index (χ1n) is 7.13. The third kappa shape index (κ3) is 2.36. The van der Waals surface area contributed by atoms with E-state index in [1.165, 1.54) is 0 Å². The van der Waals surface area contributed by atoms with Gasteiger partial charge in [0.25, 0.3) is 0 Å². The summed E-state index contributed by atoms with van der Waals surface area (Å²) < 4.78 is 12.9. The third-order valence-electron chi connectivity index (χ3n) is 4.11. The van der Waals surface area contributed by atoms with Crippen LogP contribution in [0.1, 0.15) is 22.3 Å². The maximum Gasteiger partial charge on any atom is 0.327 e. The Labute approximate surface area is 132 Å². The summed E-state index contributed by atoms with van der Waals surface area (Å²) in [4.78, 5) is 8.34. The second-order valence-corrected chi connectivity index (χ2v) is 7.05. The largest absolute Gasteiger partial charge is 0.604 e. The number of aromatic nitrogens is 2. The van der Waals surface area contributed by atoms with Crippen LogP contribution >= 0.6 is 0 Å². The molecule has 3 rings (SSSR count). The summed E-state index contributed by atoms with van der Waals surface area (Å²) in [5.74, 6) is 0. The lowest BCUT2D eigenvalue weighted by Gasteiger charge is -2.14. The Balaban J connectivity index is 2.11. The summed E-state index contributed by atoms with van der Waals surface area (Å²) >= 11 is -1.37. The fourth-order valence-corrected chi connectivity index (χ4v) is 3.78. The summed E-state index contributed by atoms with van der Waals surface area (Å²) in [6.45, 7) is 7.88. The second-order valence-electron chi connectivity index (χ2n) is 5.69. The highest BCUT2D eigenvalue weighted by molar-refractivity contribution is 7.91. The lowest BCUT2D eigenvalue weighted by molar-refractivity contribution is 0.587. The van der Waals surface area contributed by atoms with Crippen LogP contribution in [-0.4, -0.2) is 14.5 Å². The van der Waals surface area contributed by atoms with Crippen LogP contribution in [0, 0.1) is 27.7 Å². The standard InChI is InChI=1S/C17H19N3OS/c1-9-5-6-13-14(7-9)20-17(19-13)22(21)15-8-10(2)11(3)16(18)12(15)4/h5-8H,18H2,1-4H3,(H,19,20). The number of hydrogen-bond donors (Lipinski definition) is 2. The molecule has 5 heteroatoms. The summed E-state index contributed by atoms with van der Waals surface area (Å²) in [5.41, 5.74) is 12.6. The number of aryl methyl sites for hydroxylation is 2. The van der Waals surface area contributed by atoms with Gasteiger partial charge in [-0.3, -0.25) is 4.98 Å². The minimum atomic E-state index is -1.37. The number of aromatic amines is 1. The topological polar surface area (TPSA) is 77.8 Å². The molecule has 114 valence electrons. The van der Waals surface area contributed by atoms with Gasteiger partial charge in [0.05, 0.1) is 22.2 Å². The number of anilines is 1. The maximum atomic E-state index is 12.9. The van der Waals surface area contributed by atoms with E-state index in [0.717, 1.165) is 38.2 Å². The van der Waals surface area contributed by atoms with Crippen molar-refractivity contribution in [2.45, 2.75) is 37.7 Å². The molecule has 0 spiro atoms. The number of fused-ring (bicyclic) bond motifs is 1. The van der Waals surface area contributed by atoms with Crippen LogP contribution in [0.2, 0.25) is 0 Å². The molecular formula is C17H19N3OS. The Morgan fingerprint density at radius 2 is 1.82 bits per heavy atom. The van der Waals surface area contributed by atoms with Crippen molar-refractivity contribution in [2.24, 2.45) is 0 Å². The number of rotatable bonds is 2. The van der Waals surface area contributed by atoms with Gasteiger partial charge in [-0.25, -0.2) is 0 Å². The molecule has 0 aliphatic heterocycles. The van der Waals surface area contributed by atoms with E-state index in [9.17, 15) is 4.55 Å². The van der Waals surface area contributed by atoms with Crippen LogP contribution in [0.25, 0.3) is 11.0 Å². The van der Waals surface area contributed by atoms with Gasteiger partial charge in [-0.05, 0) is 62.6 Å². The fraction of sp³-hybridized carbons (Fsp3) is 0.235. The molecule has 0 saturated carbocycles. The monoisotopic (exact) mass is 313 g/mol. The van der Waals surface area contributed by atoms with Gasteiger partial charge in [0.15, 0.2) is 4.90 Å². The van der Waals surface area contributed by atoms with Gasteiger partial charge in [-0.1, -0.05) is 6.07 Å². The van der Waals surface area contributed by atoms with Gasteiger partial charge < -0.3 is 10.3 Å². The Kier molecular flexibility index (Phi) is 3.62. The first-order chi connectivity index (χ1) is 10.4. The van der Waals surface area contributed by atoms with Crippen molar-refractivity contribution in [1.29, 1.82) is 0 Å². The smallest absolute Gasteiger partial charge is 0.327 e. The maximum absolute atomic E-state index is 12.9. The van der Waals surface area contributed by atoms with E-state index >= 15 is 0 Å². The molecule has 0 aliphatic carbocycles. The van der Waals surface area contributed by atoms with Crippen molar-refractivity contribution in [3.05, 3.63) is 46.5 Å². The molecule has 2 aromatic carbocycles. The average Bonchev–Trinajstić information content (AvgIpc) is 2.91. The molecule has 0 amide bonds. The lowest BCUT2D eigenvalue weighted by atomic mass is 10.0. The summed E-state index contributed by atoms with van der Waals surface area (Å²) in [6.07, 6.45) is 0. The van der Waals surface area contributed by atoms with Gasteiger partial charge in [-0.2, -0.15) is 4.98 Å². The summed E-state index contributed by atoms with van der Waals surface area (Å²) in [6, 6.07) is 7.89. The van der Waals surface area contributed by atoms with E-state index < -0.39 is 11.2 Å². The molecule has 1 heterocycles. The van der Waals surface area contributed by atoms with Crippen molar-refractivity contribution in [2.75, 3.05) is 5.73 Å². The molecule has 0 bridgehead atoms. The van der Waals surface area contributed by atoms with Crippen molar-refractivity contribution in [3.63, 3.8) is 0 Å². The Morgan fingerprint density at radius 3 is 2.55 bits per heavy atom. The van der Waals surface area contributed by atoms with Crippen molar-refractivity contribution in [3.8, 4) is 0 Å². The number of nitrogens with zero attached hydrogens (tertiary/aromatic N) is 1. The van der Waals surface area contributed by atoms with E-state index in [1.54, 1.807) is 0 Å². The minimum Gasteiger partial charge on any atom is -0.604 e. The molecule has 0 saturated heterocycles. The normalized spacial score (nSPS) is 12.8. The molecule has 1 atom stereocenters. The average molecular weight is 313 g/mol. The highest BCUT2D eigenvalue weighted by atomic mass is 32.2.